The van der Waals surface area contributed by atoms with Crippen molar-refractivity contribution < 1.29 is 22.7 Å². The number of hydrogen-bond acceptors (Lipinski definition) is 3. The number of piperidine rings is 1. The third-order valence-electron chi connectivity index (χ3n) is 4.52. The highest BCUT2D eigenvalue weighted by Crippen LogP contribution is 2.38. The Labute approximate surface area is 151 Å². The number of hydrogen-bond donors (Lipinski definition) is 0. The normalized spacial score (nSPS) is 16.8. The molecule has 0 N–H and O–H groups in total. The summed E-state index contributed by atoms with van der Waals surface area (Å²) in [6.07, 6.45) is -1.68. The van der Waals surface area contributed by atoms with Gasteiger partial charge < -0.3 is 9.64 Å². The number of likely N-dealkylation sites (tertiary alicyclic amines) is 1. The summed E-state index contributed by atoms with van der Waals surface area (Å²) in [5, 5.41) is -0.257. The number of ether oxygens (including phenoxy) is 1. The van der Waals surface area contributed by atoms with Crippen molar-refractivity contribution in [3.05, 3.63) is 34.3 Å². The molecule has 140 valence electrons. The topological polar surface area (TPSA) is 29.5 Å². The molecule has 1 aromatic carbocycles. The zero-order valence-electron chi connectivity index (χ0n) is 14.2. The van der Waals surface area contributed by atoms with Gasteiger partial charge in [-0.15, -0.1) is 0 Å². The van der Waals surface area contributed by atoms with Crippen LogP contribution in [0, 0.1) is 0 Å². The number of carbonyl (C=O) groups excluding carboxylic acids is 1. The lowest BCUT2D eigenvalue weighted by atomic mass is 9.88. The smallest absolute Gasteiger partial charge is 0.417 e. The predicted octanol–water partition coefficient (Wildman–Crippen LogP) is 4.88. The van der Waals surface area contributed by atoms with Crippen molar-refractivity contribution in [2.24, 2.45) is 0 Å². The number of benzene rings is 1. The van der Waals surface area contributed by atoms with Crippen LogP contribution in [0.15, 0.2) is 18.2 Å². The van der Waals surface area contributed by atoms with Crippen LogP contribution in [0.25, 0.3) is 0 Å². The second kappa shape index (κ2) is 8.90. The standard InChI is InChI=1S/C18H23ClF3NO2/c1-2-25-17(24)4-3-9-23-10-7-13(8-11-23)14-5-6-16(19)15(12-14)18(20,21)22/h5-6,12-13H,2-4,7-11H2,1H3. The van der Waals surface area contributed by atoms with Gasteiger partial charge in [0.05, 0.1) is 17.2 Å². The molecule has 0 amide bonds. The average molecular weight is 378 g/mol. The molecule has 1 aromatic rings. The lowest BCUT2D eigenvalue weighted by Gasteiger charge is -2.32. The van der Waals surface area contributed by atoms with Crippen molar-refractivity contribution in [2.45, 2.75) is 44.7 Å². The van der Waals surface area contributed by atoms with Gasteiger partial charge in [0.25, 0.3) is 0 Å². The summed E-state index contributed by atoms with van der Waals surface area (Å²) >= 11 is 5.68. The Morgan fingerprint density at radius 2 is 2.00 bits per heavy atom. The summed E-state index contributed by atoms with van der Waals surface area (Å²) in [5.41, 5.74) is -0.0635. The van der Waals surface area contributed by atoms with Crippen molar-refractivity contribution in [3.63, 3.8) is 0 Å². The molecule has 25 heavy (non-hydrogen) atoms. The first-order valence-corrected chi connectivity index (χ1v) is 8.93. The first kappa shape index (κ1) is 20.0. The van der Waals surface area contributed by atoms with E-state index >= 15 is 0 Å². The molecule has 1 aliphatic heterocycles. The molecule has 0 bridgehead atoms. The molecule has 1 heterocycles. The summed E-state index contributed by atoms with van der Waals surface area (Å²) in [7, 11) is 0. The van der Waals surface area contributed by atoms with E-state index in [1.54, 1.807) is 13.0 Å². The molecule has 0 aliphatic carbocycles. The molecular weight excluding hydrogens is 355 g/mol. The van der Waals surface area contributed by atoms with Gasteiger partial charge in [-0.2, -0.15) is 13.2 Å². The highest BCUT2D eigenvalue weighted by Gasteiger charge is 2.34. The molecule has 0 aromatic heterocycles. The van der Waals surface area contributed by atoms with Crippen molar-refractivity contribution >= 4 is 17.6 Å². The van der Waals surface area contributed by atoms with E-state index in [0.717, 1.165) is 38.9 Å². The molecule has 0 saturated carbocycles. The Morgan fingerprint density at radius 1 is 1.32 bits per heavy atom. The first-order chi connectivity index (χ1) is 11.8. The number of halogens is 4. The summed E-state index contributed by atoms with van der Waals surface area (Å²) in [5.74, 6) is -0.0714. The maximum atomic E-state index is 13.0. The van der Waals surface area contributed by atoms with Crippen LogP contribution in [-0.4, -0.2) is 37.1 Å². The van der Waals surface area contributed by atoms with Gasteiger partial charge in [0.2, 0.25) is 0 Å². The minimum Gasteiger partial charge on any atom is -0.466 e. The van der Waals surface area contributed by atoms with Gasteiger partial charge in [-0.1, -0.05) is 17.7 Å². The minimum atomic E-state index is -4.43. The van der Waals surface area contributed by atoms with Crippen LogP contribution in [0.4, 0.5) is 13.2 Å². The summed E-state index contributed by atoms with van der Waals surface area (Å²) in [6, 6.07) is 4.22. The van der Waals surface area contributed by atoms with Gasteiger partial charge in [-0.25, -0.2) is 0 Å². The third-order valence-corrected chi connectivity index (χ3v) is 4.84. The van der Waals surface area contributed by atoms with E-state index in [4.69, 9.17) is 16.3 Å². The van der Waals surface area contributed by atoms with Gasteiger partial charge in [0.1, 0.15) is 0 Å². The molecule has 1 aliphatic rings. The average Bonchev–Trinajstić information content (AvgIpc) is 2.55. The van der Waals surface area contributed by atoms with Gasteiger partial charge in [0.15, 0.2) is 0 Å². The van der Waals surface area contributed by atoms with Crippen molar-refractivity contribution in [1.82, 2.24) is 4.90 Å². The second-order valence-electron chi connectivity index (χ2n) is 6.26. The van der Waals surface area contributed by atoms with Gasteiger partial charge in [-0.05, 0) is 69.4 Å². The lowest BCUT2D eigenvalue weighted by molar-refractivity contribution is -0.143. The quantitative estimate of drug-likeness (QED) is 0.661. The number of nitrogens with zero attached hydrogens (tertiary/aromatic N) is 1. The number of carbonyl (C=O) groups is 1. The lowest BCUT2D eigenvalue weighted by Crippen LogP contribution is -2.34. The van der Waals surface area contributed by atoms with Crippen molar-refractivity contribution in [2.75, 3.05) is 26.2 Å². The summed E-state index contributed by atoms with van der Waals surface area (Å²) in [4.78, 5) is 13.6. The van der Waals surface area contributed by atoms with Crippen LogP contribution >= 0.6 is 11.6 Å². The molecule has 1 fully saturated rings. The molecule has 0 unspecified atom stereocenters. The monoisotopic (exact) mass is 377 g/mol. The van der Waals surface area contributed by atoms with Crippen LogP contribution in [-0.2, 0) is 15.7 Å². The Bertz CT molecular complexity index is 584. The Balaban J connectivity index is 1.85. The minimum absolute atomic E-state index is 0.111. The van der Waals surface area contributed by atoms with E-state index in [9.17, 15) is 18.0 Å². The molecule has 2 rings (SSSR count). The fourth-order valence-electron chi connectivity index (χ4n) is 3.18. The molecule has 0 radical (unpaired) electrons. The molecule has 1 saturated heterocycles. The van der Waals surface area contributed by atoms with Crippen molar-refractivity contribution in [1.29, 1.82) is 0 Å². The predicted molar refractivity (Wildman–Crippen MR) is 90.7 cm³/mol. The SMILES string of the molecule is CCOC(=O)CCCN1CCC(c2ccc(Cl)c(C(F)(F)F)c2)CC1. The molecule has 7 heteroatoms. The Kier molecular flexibility index (Phi) is 7.14. The van der Waals surface area contributed by atoms with Gasteiger partial charge in [-0.3, -0.25) is 4.79 Å². The largest absolute Gasteiger partial charge is 0.466 e. The highest BCUT2D eigenvalue weighted by atomic mass is 35.5. The summed E-state index contributed by atoms with van der Waals surface area (Å²) < 4.78 is 43.9. The molecule has 0 atom stereocenters. The first-order valence-electron chi connectivity index (χ1n) is 8.56. The van der Waals surface area contributed by atoms with Crippen LogP contribution in [0.5, 0.6) is 0 Å². The van der Waals surface area contributed by atoms with Crippen LogP contribution in [0.1, 0.15) is 49.7 Å². The van der Waals surface area contributed by atoms with Crippen LogP contribution in [0.2, 0.25) is 5.02 Å². The number of esters is 1. The van der Waals surface area contributed by atoms with Crippen LogP contribution in [0.3, 0.4) is 0 Å². The van der Waals surface area contributed by atoms with Gasteiger partial charge in [0, 0.05) is 6.42 Å². The third kappa shape index (κ3) is 5.89. The van der Waals surface area contributed by atoms with E-state index in [0.29, 0.717) is 18.6 Å². The fraction of sp³-hybridized carbons (Fsp3) is 0.611. The van der Waals surface area contributed by atoms with Gasteiger partial charge >= 0.3 is 12.1 Å². The molecule has 3 nitrogen and oxygen atoms in total. The van der Waals surface area contributed by atoms with E-state index in [2.05, 4.69) is 4.90 Å². The zero-order valence-corrected chi connectivity index (χ0v) is 15.0. The van der Waals surface area contributed by atoms with Crippen LogP contribution < -0.4 is 0 Å². The summed E-state index contributed by atoms with van der Waals surface area (Å²) in [6.45, 7) is 4.61. The maximum Gasteiger partial charge on any atom is 0.417 e. The molecular formula is C18H23ClF3NO2. The Hall–Kier alpha value is -1.27. The highest BCUT2D eigenvalue weighted by molar-refractivity contribution is 6.31. The second-order valence-corrected chi connectivity index (χ2v) is 6.67. The van der Waals surface area contributed by atoms with E-state index in [1.165, 1.54) is 12.1 Å². The van der Waals surface area contributed by atoms with E-state index in [1.807, 2.05) is 0 Å². The van der Waals surface area contributed by atoms with Crippen molar-refractivity contribution in [3.8, 4) is 0 Å². The van der Waals surface area contributed by atoms with E-state index < -0.39 is 11.7 Å². The maximum absolute atomic E-state index is 13.0. The Morgan fingerprint density at radius 3 is 2.60 bits per heavy atom. The number of rotatable bonds is 6. The fourth-order valence-corrected chi connectivity index (χ4v) is 3.41. The van der Waals surface area contributed by atoms with E-state index in [-0.39, 0.29) is 16.9 Å². The zero-order chi connectivity index (χ0) is 18.4. The number of alkyl halides is 3. The molecule has 0 spiro atoms.